The lowest BCUT2D eigenvalue weighted by Gasteiger charge is -2.40. The third kappa shape index (κ3) is 7.32. The first-order valence-electron chi connectivity index (χ1n) is 9.79. The molecule has 2 aromatic rings. The zero-order valence-corrected chi connectivity index (χ0v) is 19.4. The molecular formula is C21H23F6N3O4S. The molecular weight excluding hydrogens is 504 g/mol. The second-order valence-electron chi connectivity index (χ2n) is 8.30. The second-order valence-corrected chi connectivity index (χ2v) is 10.3. The molecule has 0 saturated heterocycles. The lowest BCUT2D eigenvalue weighted by atomic mass is 9.78. The number of aliphatic hydroxyl groups is 1. The van der Waals surface area contributed by atoms with Gasteiger partial charge in [0.1, 0.15) is 29.0 Å². The minimum absolute atomic E-state index is 0.233. The van der Waals surface area contributed by atoms with Gasteiger partial charge in [0.15, 0.2) is 0 Å². The van der Waals surface area contributed by atoms with Crippen LogP contribution in [0.3, 0.4) is 0 Å². The van der Waals surface area contributed by atoms with Crippen molar-refractivity contribution >= 4 is 16.8 Å². The van der Waals surface area contributed by atoms with Gasteiger partial charge in [-0.1, -0.05) is 24.3 Å². The highest BCUT2D eigenvalue weighted by Crippen LogP contribution is 2.39. The maximum atomic E-state index is 13.1. The first kappa shape index (κ1) is 28.4. The van der Waals surface area contributed by atoms with Gasteiger partial charge < -0.3 is 20.3 Å². The Labute approximate surface area is 199 Å². The van der Waals surface area contributed by atoms with E-state index in [0.29, 0.717) is 0 Å². The number of alkyl halides is 6. The molecule has 194 valence electrons. The number of hydrogen-bond acceptors (Lipinski definition) is 5. The molecule has 0 spiro atoms. The van der Waals surface area contributed by atoms with Gasteiger partial charge in [-0.25, -0.2) is 8.93 Å². The quantitative estimate of drug-likeness (QED) is 0.235. The van der Waals surface area contributed by atoms with Crippen LogP contribution in [0.2, 0.25) is 0 Å². The number of nitrogens with two attached hydrogens (primary N) is 1. The smallest absolute Gasteiger partial charge is 0.406 e. The third-order valence-electron chi connectivity index (χ3n) is 4.56. The van der Waals surface area contributed by atoms with E-state index in [1.807, 2.05) is 0 Å². The molecule has 2 aromatic carbocycles. The van der Waals surface area contributed by atoms with Gasteiger partial charge in [0.05, 0.1) is 15.7 Å². The van der Waals surface area contributed by atoms with Gasteiger partial charge in [0.2, 0.25) is 0 Å². The average molecular weight is 527 g/mol. The monoisotopic (exact) mass is 527 g/mol. The molecule has 35 heavy (non-hydrogen) atoms. The SMILES string of the molecule is CC(C)(C)S(=O)NC(c1cccc(OC(F)(F)F)c1)(c1cccc(OC(F)(F)F)c1)C(O)C(=N)N. The molecule has 0 aliphatic carbocycles. The Morgan fingerprint density at radius 2 is 1.34 bits per heavy atom. The molecule has 0 aromatic heterocycles. The fourth-order valence-corrected chi connectivity index (χ4v) is 4.01. The fourth-order valence-electron chi connectivity index (χ4n) is 3.07. The highest BCUT2D eigenvalue weighted by atomic mass is 32.2. The number of aliphatic hydroxyl groups excluding tert-OH is 1. The van der Waals surface area contributed by atoms with Gasteiger partial charge in [0, 0.05) is 0 Å². The summed E-state index contributed by atoms with van der Waals surface area (Å²) >= 11 is 0. The topological polar surface area (TPSA) is 118 Å². The molecule has 14 heteroatoms. The Bertz CT molecular complexity index is 1030. The van der Waals surface area contributed by atoms with Crippen molar-refractivity contribution in [3.05, 3.63) is 59.7 Å². The number of halogens is 6. The predicted octanol–water partition coefficient (Wildman–Crippen LogP) is 4.08. The molecule has 0 aliphatic heterocycles. The number of amidine groups is 1. The molecule has 0 bridgehead atoms. The van der Waals surface area contributed by atoms with Crippen molar-refractivity contribution < 1.29 is 45.1 Å². The third-order valence-corrected chi connectivity index (χ3v) is 6.18. The van der Waals surface area contributed by atoms with E-state index in [-0.39, 0.29) is 11.1 Å². The summed E-state index contributed by atoms with van der Waals surface area (Å²) in [6.45, 7) is 4.61. The Morgan fingerprint density at radius 3 is 1.66 bits per heavy atom. The molecule has 7 nitrogen and oxygen atoms in total. The lowest BCUT2D eigenvalue weighted by molar-refractivity contribution is -0.275. The highest BCUT2D eigenvalue weighted by molar-refractivity contribution is 7.84. The maximum absolute atomic E-state index is 13.1. The molecule has 0 heterocycles. The molecule has 0 amide bonds. The minimum Gasteiger partial charge on any atom is -0.406 e. The predicted molar refractivity (Wildman–Crippen MR) is 116 cm³/mol. The zero-order chi connectivity index (χ0) is 26.8. The molecule has 0 radical (unpaired) electrons. The first-order valence-corrected chi connectivity index (χ1v) is 10.9. The fraction of sp³-hybridized carbons (Fsp3) is 0.381. The van der Waals surface area contributed by atoms with Crippen molar-refractivity contribution in [1.82, 2.24) is 4.72 Å². The molecule has 0 saturated carbocycles. The van der Waals surface area contributed by atoms with E-state index in [4.69, 9.17) is 11.1 Å². The number of rotatable bonds is 8. The summed E-state index contributed by atoms with van der Waals surface area (Å²) in [5, 5.41) is 18.8. The summed E-state index contributed by atoms with van der Waals surface area (Å²) in [5.74, 6) is -2.38. The van der Waals surface area contributed by atoms with Gasteiger partial charge in [-0.2, -0.15) is 0 Å². The van der Waals surface area contributed by atoms with Gasteiger partial charge in [0.25, 0.3) is 0 Å². The van der Waals surface area contributed by atoms with Crippen molar-refractivity contribution in [2.75, 3.05) is 0 Å². The van der Waals surface area contributed by atoms with Crippen LogP contribution in [-0.2, 0) is 16.5 Å². The Morgan fingerprint density at radius 1 is 0.943 bits per heavy atom. The molecule has 2 rings (SSSR count). The molecule has 0 fully saturated rings. The largest absolute Gasteiger partial charge is 0.573 e. The van der Waals surface area contributed by atoms with Crippen LogP contribution in [-0.4, -0.2) is 38.7 Å². The van der Waals surface area contributed by atoms with Gasteiger partial charge in [-0.05, 0) is 56.2 Å². The van der Waals surface area contributed by atoms with E-state index in [1.165, 1.54) is 32.9 Å². The number of benzene rings is 2. The zero-order valence-electron chi connectivity index (χ0n) is 18.6. The Balaban J connectivity index is 2.87. The van der Waals surface area contributed by atoms with Gasteiger partial charge in [-0.3, -0.25) is 5.41 Å². The van der Waals surface area contributed by atoms with Crippen LogP contribution >= 0.6 is 0 Å². The van der Waals surface area contributed by atoms with Crippen LogP contribution < -0.4 is 19.9 Å². The second kappa shape index (κ2) is 10.0. The van der Waals surface area contributed by atoms with E-state index in [2.05, 4.69) is 14.2 Å². The van der Waals surface area contributed by atoms with Crippen molar-refractivity contribution in [3.8, 4) is 11.5 Å². The summed E-state index contributed by atoms with van der Waals surface area (Å²) in [5.41, 5.74) is 2.80. The van der Waals surface area contributed by atoms with E-state index >= 15 is 0 Å². The number of nitrogens with one attached hydrogen (secondary N) is 2. The minimum atomic E-state index is -5.08. The standard InChI is InChI=1S/C21H23F6N3O4S/c1-18(2,3)35(32)30-19(16(31)17(28)29,12-6-4-8-14(10-12)33-20(22,23)24)13-7-5-9-15(11-13)34-21(25,26)27/h4-11,16,30-31H,1-3H3,(H3,28,29). The van der Waals surface area contributed by atoms with Crippen LogP contribution in [0.25, 0.3) is 0 Å². The lowest BCUT2D eigenvalue weighted by Crippen LogP contribution is -2.59. The van der Waals surface area contributed by atoms with Crippen LogP contribution in [0.1, 0.15) is 31.9 Å². The highest BCUT2D eigenvalue weighted by Gasteiger charge is 2.47. The van der Waals surface area contributed by atoms with Crippen molar-refractivity contribution in [1.29, 1.82) is 5.41 Å². The average Bonchev–Trinajstić information content (AvgIpc) is 2.68. The van der Waals surface area contributed by atoms with Crippen LogP contribution in [0.5, 0.6) is 11.5 Å². The molecule has 5 N–H and O–H groups in total. The first-order chi connectivity index (χ1) is 15.8. The summed E-state index contributed by atoms with van der Waals surface area (Å²) < 4.78 is 99.6. The van der Waals surface area contributed by atoms with E-state index < -0.39 is 57.4 Å². The molecule has 2 atom stereocenters. The number of ether oxygens (including phenoxy) is 2. The van der Waals surface area contributed by atoms with Crippen molar-refractivity contribution in [2.45, 2.75) is 49.9 Å². The summed E-state index contributed by atoms with van der Waals surface area (Å²) in [6.07, 6.45) is -12.3. The van der Waals surface area contributed by atoms with Crippen LogP contribution in [0.4, 0.5) is 26.3 Å². The van der Waals surface area contributed by atoms with Crippen molar-refractivity contribution in [3.63, 3.8) is 0 Å². The maximum Gasteiger partial charge on any atom is 0.573 e. The van der Waals surface area contributed by atoms with Gasteiger partial charge >= 0.3 is 12.7 Å². The van der Waals surface area contributed by atoms with Crippen LogP contribution in [0.15, 0.2) is 48.5 Å². The summed E-state index contributed by atoms with van der Waals surface area (Å²) in [7, 11) is -2.08. The number of hydrogen-bond donors (Lipinski definition) is 4. The molecule has 0 aliphatic rings. The van der Waals surface area contributed by atoms with E-state index in [9.17, 15) is 35.7 Å². The summed E-state index contributed by atoms with van der Waals surface area (Å²) in [4.78, 5) is 0. The van der Waals surface area contributed by atoms with Gasteiger partial charge in [-0.15, -0.1) is 26.3 Å². The Kier molecular flexibility index (Phi) is 8.14. The van der Waals surface area contributed by atoms with Crippen molar-refractivity contribution in [2.24, 2.45) is 5.73 Å². The summed E-state index contributed by atoms with van der Waals surface area (Å²) in [6, 6.07) is 8.23. The Hall–Kier alpha value is -2.84. The van der Waals surface area contributed by atoms with E-state index in [1.54, 1.807) is 0 Å². The van der Waals surface area contributed by atoms with E-state index in [0.717, 1.165) is 36.4 Å². The normalized spacial score (nSPS) is 14.8. The molecule has 2 unspecified atom stereocenters. The van der Waals surface area contributed by atoms with Crippen LogP contribution in [0, 0.1) is 5.41 Å².